The number of nitrogens with one attached hydrogen (secondary N) is 1. The van der Waals surface area contributed by atoms with E-state index >= 15 is 0 Å². The lowest BCUT2D eigenvalue weighted by molar-refractivity contribution is -0.142. The summed E-state index contributed by atoms with van der Waals surface area (Å²) in [5.41, 5.74) is 0. The number of rotatable bonds is 4. The first kappa shape index (κ1) is 11.4. The molecule has 0 radical (unpaired) electrons. The van der Waals surface area contributed by atoms with Crippen molar-refractivity contribution in [2.45, 2.75) is 13.0 Å². The molecule has 12 heavy (non-hydrogen) atoms. The number of hydrogen-bond donors (Lipinski definition) is 1. The van der Waals surface area contributed by atoms with Gasteiger partial charge in [-0.15, -0.1) is 0 Å². The van der Waals surface area contributed by atoms with Crippen LogP contribution < -0.4 is 5.32 Å². The highest BCUT2D eigenvalue weighted by Gasteiger charge is 2.17. The Morgan fingerprint density at radius 1 is 1.58 bits per heavy atom. The van der Waals surface area contributed by atoms with Gasteiger partial charge in [0.05, 0.1) is 7.11 Å². The summed E-state index contributed by atoms with van der Waals surface area (Å²) >= 11 is 1.11. The third-order valence-electron chi connectivity index (χ3n) is 1.29. The summed E-state index contributed by atoms with van der Waals surface area (Å²) in [7, 11) is 2.98. The molecule has 0 heterocycles. The van der Waals surface area contributed by atoms with Crippen LogP contribution in [0.25, 0.3) is 0 Å². The maximum atomic E-state index is 10.9. The van der Waals surface area contributed by atoms with Gasteiger partial charge < -0.3 is 10.1 Å². The molecule has 5 heteroatoms. The van der Waals surface area contributed by atoms with Crippen LogP contribution >= 0.6 is 11.8 Å². The van der Waals surface area contributed by atoms with Crippen LogP contribution in [0.2, 0.25) is 0 Å². The lowest BCUT2D eigenvalue weighted by Gasteiger charge is -2.11. The Kier molecular flexibility index (Phi) is 5.74. The topological polar surface area (TPSA) is 55.4 Å². The second-order valence-electron chi connectivity index (χ2n) is 2.17. The predicted octanol–water partition coefficient (Wildman–Crippen LogP) is 0.0271. The molecule has 70 valence electrons. The van der Waals surface area contributed by atoms with Gasteiger partial charge in [-0.05, 0) is 7.05 Å². The molecule has 4 nitrogen and oxygen atoms in total. The van der Waals surface area contributed by atoms with E-state index in [-0.39, 0.29) is 11.1 Å². The lowest BCUT2D eigenvalue weighted by Crippen LogP contribution is -2.37. The Labute approximate surface area is 76.0 Å². The van der Waals surface area contributed by atoms with Crippen molar-refractivity contribution in [2.24, 2.45) is 0 Å². The fraction of sp³-hybridized carbons (Fsp3) is 0.714. The Morgan fingerprint density at radius 2 is 2.17 bits per heavy atom. The molecule has 0 aromatic rings. The summed E-state index contributed by atoms with van der Waals surface area (Å²) in [4.78, 5) is 21.5. The van der Waals surface area contributed by atoms with Crippen molar-refractivity contribution in [1.82, 2.24) is 5.32 Å². The molecule has 0 saturated heterocycles. The van der Waals surface area contributed by atoms with Crippen LogP contribution in [0.5, 0.6) is 0 Å². The van der Waals surface area contributed by atoms with Crippen LogP contribution in [0.4, 0.5) is 0 Å². The molecule has 0 saturated carbocycles. The number of carbonyl (C=O) groups is 2. The van der Waals surface area contributed by atoms with Crippen molar-refractivity contribution in [3.63, 3.8) is 0 Å². The predicted molar refractivity (Wildman–Crippen MR) is 48.0 cm³/mol. The summed E-state index contributed by atoms with van der Waals surface area (Å²) in [6, 6.07) is -0.399. The van der Waals surface area contributed by atoms with E-state index in [1.54, 1.807) is 7.05 Å². The van der Waals surface area contributed by atoms with E-state index < -0.39 is 6.04 Å². The summed E-state index contributed by atoms with van der Waals surface area (Å²) in [5.74, 6) is 0.0738. The molecule has 0 bridgehead atoms. The third kappa shape index (κ3) is 4.35. The molecular formula is C7H13NO3S. The zero-order valence-electron chi connectivity index (χ0n) is 7.42. The highest BCUT2D eigenvalue weighted by atomic mass is 32.2. The number of methoxy groups -OCH3 is 1. The normalized spacial score (nSPS) is 12.2. The minimum Gasteiger partial charge on any atom is -0.468 e. The lowest BCUT2D eigenvalue weighted by atomic mass is 10.3. The quantitative estimate of drug-likeness (QED) is 0.635. The first-order chi connectivity index (χ1) is 5.61. The standard InChI is InChI=1S/C7H13NO3S/c1-5(9)12-4-6(8-2)7(10)11-3/h6,8H,4H2,1-3H3/t6-/m0/s1. The van der Waals surface area contributed by atoms with Crippen molar-refractivity contribution in [2.75, 3.05) is 19.9 Å². The average molecular weight is 191 g/mol. The minimum atomic E-state index is -0.399. The summed E-state index contributed by atoms with van der Waals surface area (Å²) in [5, 5.41) is 2.76. The second-order valence-corrected chi connectivity index (χ2v) is 3.36. The van der Waals surface area contributed by atoms with Crippen molar-refractivity contribution < 1.29 is 14.3 Å². The van der Waals surface area contributed by atoms with Crippen molar-refractivity contribution >= 4 is 22.8 Å². The minimum absolute atomic E-state index is 0.000784. The molecule has 0 unspecified atom stereocenters. The second kappa shape index (κ2) is 6.02. The van der Waals surface area contributed by atoms with Gasteiger partial charge >= 0.3 is 5.97 Å². The van der Waals surface area contributed by atoms with Crippen molar-refractivity contribution in [3.05, 3.63) is 0 Å². The summed E-state index contributed by atoms with van der Waals surface area (Å²) in [6.45, 7) is 1.47. The monoisotopic (exact) mass is 191 g/mol. The van der Waals surface area contributed by atoms with Crippen LogP contribution in [-0.2, 0) is 14.3 Å². The highest BCUT2D eigenvalue weighted by molar-refractivity contribution is 8.13. The van der Waals surface area contributed by atoms with E-state index in [0.717, 1.165) is 11.8 Å². The Hall–Kier alpha value is -0.550. The van der Waals surface area contributed by atoms with E-state index in [2.05, 4.69) is 10.1 Å². The summed E-state index contributed by atoms with van der Waals surface area (Å²) in [6.07, 6.45) is 0. The Balaban J connectivity index is 3.83. The molecule has 0 aliphatic heterocycles. The molecule has 0 aromatic heterocycles. The first-order valence-electron chi connectivity index (χ1n) is 3.50. The number of likely N-dealkylation sites (N-methyl/N-ethyl adjacent to an activating group) is 1. The van der Waals surface area contributed by atoms with Gasteiger partial charge in [0.1, 0.15) is 6.04 Å². The molecule has 0 aromatic carbocycles. The van der Waals surface area contributed by atoms with E-state index in [1.165, 1.54) is 14.0 Å². The van der Waals surface area contributed by atoms with Gasteiger partial charge in [0.15, 0.2) is 5.12 Å². The molecule has 1 atom stereocenters. The first-order valence-corrected chi connectivity index (χ1v) is 4.48. The van der Waals surface area contributed by atoms with Crippen LogP contribution in [0, 0.1) is 0 Å². The maximum Gasteiger partial charge on any atom is 0.323 e. The maximum absolute atomic E-state index is 10.9. The van der Waals surface area contributed by atoms with E-state index in [0.29, 0.717) is 5.75 Å². The zero-order valence-corrected chi connectivity index (χ0v) is 8.23. The molecule has 1 N–H and O–H groups in total. The highest BCUT2D eigenvalue weighted by Crippen LogP contribution is 2.04. The molecule has 0 aliphatic rings. The average Bonchev–Trinajstić information content (AvgIpc) is 2.04. The van der Waals surface area contributed by atoms with E-state index in [4.69, 9.17) is 0 Å². The Bertz CT molecular complexity index is 172. The van der Waals surface area contributed by atoms with Gasteiger partial charge in [0, 0.05) is 12.7 Å². The van der Waals surface area contributed by atoms with Gasteiger partial charge in [-0.1, -0.05) is 11.8 Å². The van der Waals surface area contributed by atoms with Gasteiger partial charge in [-0.3, -0.25) is 9.59 Å². The van der Waals surface area contributed by atoms with Crippen molar-refractivity contribution in [3.8, 4) is 0 Å². The van der Waals surface area contributed by atoms with Gasteiger partial charge in [-0.25, -0.2) is 0 Å². The largest absolute Gasteiger partial charge is 0.468 e. The van der Waals surface area contributed by atoms with Gasteiger partial charge in [-0.2, -0.15) is 0 Å². The van der Waals surface area contributed by atoms with Crippen LogP contribution in [0.15, 0.2) is 0 Å². The van der Waals surface area contributed by atoms with Crippen molar-refractivity contribution in [1.29, 1.82) is 0 Å². The summed E-state index contributed by atoms with van der Waals surface area (Å²) < 4.78 is 4.51. The van der Waals surface area contributed by atoms with E-state index in [9.17, 15) is 9.59 Å². The third-order valence-corrected chi connectivity index (χ3v) is 2.19. The number of ether oxygens (including phenoxy) is 1. The van der Waals surface area contributed by atoms with Crippen LogP contribution in [0.3, 0.4) is 0 Å². The molecule has 0 spiro atoms. The Morgan fingerprint density at radius 3 is 2.50 bits per heavy atom. The van der Waals surface area contributed by atoms with Crippen LogP contribution in [0.1, 0.15) is 6.92 Å². The fourth-order valence-corrected chi connectivity index (χ4v) is 1.32. The number of thioether (sulfide) groups is 1. The number of esters is 1. The SMILES string of the molecule is CN[C@@H](CSC(C)=O)C(=O)OC. The number of carbonyl (C=O) groups excluding carboxylic acids is 2. The van der Waals surface area contributed by atoms with Gasteiger partial charge in [0.25, 0.3) is 0 Å². The molecule has 0 amide bonds. The number of hydrogen-bond acceptors (Lipinski definition) is 5. The van der Waals surface area contributed by atoms with Gasteiger partial charge in [0.2, 0.25) is 0 Å². The van der Waals surface area contributed by atoms with E-state index in [1.807, 2.05) is 0 Å². The fourth-order valence-electron chi connectivity index (χ4n) is 0.612. The molecule has 0 rings (SSSR count). The zero-order chi connectivity index (χ0) is 9.56. The molecular weight excluding hydrogens is 178 g/mol. The van der Waals surface area contributed by atoms with Crippen LogP contribution in [-0.4, -0.2) is 37.0 Å². The molecule has 0 aliphatic carbocycles. The smallest absolute Gasteiger partial charge is 0.323 e. The molecule has 0 fully saturated rings.